The van der Waals surface area contributed by atoms with Crippen LogP contribution in [0.1, 0.15) is 5.56 Å². The topological polar surface area (TPSA) is 92.7 Å². The highest BCUT2D eigenvalue weighted by Gasteiger charge is 2.17. The quantitative estimate of drug-likeness (QED) is 0.588. The van der Waals surface area contributed by atoms with E-state index in [9.17, 15) is 9.18 Å². The van der Waals surface area contributed by atoms with Crippen LogP contribution in [0.25, 0.3) is 5.65 Å². The minimum Gasteiger partial charge on any atom is -0.423 e. The van der Waals surface area contributed by atoms with Crippen LogP contribution in [0.2, 0.25) is 0 Å². The number of benzene rings is 1. The van der Waals surface area contributed by atoms with E-state index in [2.05, 4.69) is 10.1 Å². The lowest BCUT2D eigenvalue weighted by atomic mass is 9.79. The predicted molar refractivity (Wildman–Crippen MR) is 72.6 cm³/mol. The molecular weight excluding hydrogens is 278 g/mol. The fourth-order valence-electron chi connectivity index (χ4n) is 2.05. The molecule has 7 nitrogen and oxygen atoms in total. The van der Waals surface area contributed by atoms with Crippen molar-refractivity contribution in [3.05, 3.63) is 58.7 Å². The first-order valence-electron chi connectivity index (χ1n) is 6.10. The molecule has 21 heavy (non-hydrogen) atoms. The summed E-state index contributed by atoms with van der Waals surface area (Å²) in [6.07, 6.45) is 4.42. The number of hydrogen-bond donors (Lipinski definition) is 2. The number of rotatable bonds is 3. The number of nitrogens with zero attached hydrogens (tertiary/aromatic N) is 4. The minimum absolute atomic E-state index is 0.0838. The van der Waals surface area contributed by atoms with E-state index in [4.69, 9.17) is 10.0 Å². The fraction of sp³-hybridized carbons (Fsp3) is 0.0833. The largest absolute Gasteiger partial charge is 0.491 e. The molecule has 1 aromatic carbocycles. The van der Waals surface area contributed by atoms with E-state index in [-0.39, 0.29) is 17.7 Å². The lowest BCUT2D eigenvalue weighted by Crippen LogP contribution is -2.33. The fourth-order valence-corrected chi connectivity index (χ4v) is 2.05. The van der Waals surface area contributed by atoms with Crippen molar-refractivity contribution in [3.63, 3.8) is 0 Å². The molecule has 3 aromatic rings. The molecule has 0 spiro atoms. The van der Waals surface area contributed by atoms with Gasteiger partial charge in [0.05, 0.1) is 12.7 Å². The van der Waals surface area contributed by atoms with Gasteiger partial charge < -0.3 is 10.0 Å². The highest BCUT2D eigenvalue weighted by Crippen LogP contribution is 2.03. The van der Waals surface area contributed by atoms with Gasteiger partial charge in [-0.1, -0.05) is 12.1 Å². The van der Waals surface area contributed by atoms with Crippen molar-refractivity contribution in [1.82, 2.24) is 19.2 Å². The summed E-state index contributed by atoms with van der Waals surface area (Å²) >= 11 is 0. The molecule has 0 aliphatic carbocycles. The molecule has 0 aliphatic rings. The van der Waals surface area contributed by atoms with Gasteiger partial charge in [-0.25, -0.2) is 18.3 Å². The van der Waals surface area contributed by atoms with Crippen LogP contribution < -0.4 is 11.2 Å². The molecule has 2 N–H and O–H groups in total. The van der Waals surface area contributed by atoms with Gasteiger partial charge in [-0.15, -0.1) is 5.10 Å². The number of aromatic nitrogens is 4. The van der Waals surface area contributed by atoms with Crippen molar-refractivity contribution >= 4 is 18.2 Å². The van der Waals surface area contributed by atoms with Crippen LogP contribution in [0.4, 0.5) is 4.39 Å². The summed E-state index contributed by atoms with van der Waals surface area (Å²) in [7, 11) is -1.91. The Labute approximate surface area is 118 Å². The molecule has 0 unspecified atom stereocenters. The summed E-state index contributed by atoms with van der Waals surface area (Å²) < 4.78 is 15.9. The lowest BCUT2D eigenvalue weighted by Gasteiger charge is -2.05. The lowest BCUT2D eigenvalue weighted by molar-refractivity contribution is 0.423. The van der Waals surface area contributed by atoms with Gasteiger partial charge in [-0.05, 0) is 11.6 Å². The normalized spacial score (nSPS) is 11.0. The zero-order valence-corrected chi connectivity index (χ0v) is 10.7. The average molecular weight is 288 g/mol. The van der Waals surface area contributed by atoms with Crippen LogP contribution >= 0.6 is 0 Å². The standard InChI is InChI=1S/C12H10BFN4O3/c14-10-2-1-8(5-9(10)13(20)21)7-18-12(19)17-4-3-15-6-11(17)16-18/h1-6,20-21H,7H2. The molecule has 0 aliphatic heterocycles. The van der Waals surface area contributed by atoms with Crippen molar-refractivity contribution in [1.29, 1.82) is 0 Å². The van der Waals surface area contributed by atoms with Gasteiger partial charge in [-0.3, -0.25) is 4.98 Å². The monoisotopic (exact) mass is 288 g/mol. The van der Waals surface area contributed by atoms with Crippen LogP contribution in [-0.2, 0) is 6.54 Å². The Kier molecular flexibility index (Phi) is 3.28. The molecule has 0 atom stereocenters. The number of hydrogen-bond acceptors (Lipinski definition) is 5. The Morgan fingerprint density at radius 3 is 2.86 bits per heavy atom. The first-order chi connectivity index (χ1) is 10.1. The maximum absolute atomic E-state index is 13.4. The van der Waals surface area contributed by atoms with Crippen molar-refractivity contribution in [2.24, 2.45) is 0 Å². The third-order valence-electron chi connectivity index (χ3n) is 3.06. The number of fused-ring (bicyclic) bond motifs is 1. The molecule has 9 heteroatoms. The third kappa shape index (κ3) is 2.44. The van der Waals surface area contributed by atoms with Crippen LogP contribution in [0.3, 0.4) is 0 Å². The maximum atomic E-state index is 13.4. The van der Waals surface area contributed by atoms with Gasteiger partial charge >= 0.3 is 12.8 Å². The predicted octanol–water partition coefficient (Wildman–Crippen LogP) is -1.24. The SMILES string of the molecule is O=c1n(Cc2ccc(F)c(B(O)O)c2)nc2cnccn12. The molecule has 0 saturated heterocycles. The van der Waals surface area contributed by atoms with Gasteiger partial charge in [0.25, 0.3) is 0 Å². The highest BCUT2D eigenvalue weighted by molar-refractivity contribution is 6.58. The molecule has 2 heterocycles. The van der Waals surface area contributed by atoms with Gasteiger partial charge in [0, 0.05) is 17.9 Å². The summed E-state index contributed by atoms with van der Waals surface area (Å²) in [4.78, 5) is 16.0. The zero-order valence-electron chi connectivity index (χ0n) is 10.7. The van der Waals surface area contributed by atoms with E-state index in [1.165, 1.54) is 39.8 Å². The molecule has 0 amide bonds. The first kappa shape index (κ1) is 13.5. The summed E-state index contributed by atoms with van der Waals surface area (Å²) in [6, 6.07) is 3.86. The van der Waals surface area contributed by atoms with Gasteiger partial charge in [-0.2, -0.15) is 0 Å². The Morgan fingerprint density at radius 1 is 1.33 bits per heavy atom. The molecule has 2 aromatic heterocycles. The minimum atomic E-state index is -1.91. The molecule has 0 fully saturated rings. The van der Waals surface area contributed by atoms with Crippen LogP contribution in [0, 0.1) is 5.82 Å². The second-order valence-electron chi connectivity index (χ2n) is 4.47. The van der Waals surface area contributed by atoms with Crippen LogP contribution in [-0.4, -0.2) is 36.3 Å². The molecule has 106 valence electrons. The van der Waals surface area contributed by atoms with Gasteiger partial charge in [0.1, 0.15) is 5.82 Å². The van der Waals surface area contributed by atoms with E-state index in [1.807, 2.05) is 0 Å². The Morgan fingerprint density at radius 2 is 2.14 bits per heavy atom. The van der Waals surface area contributed by atoms with Crippen LogP contribution in [0.15, 0.2) is 41.6 Å². The summed E-state index contributed by atoms with van der Waals surface area (Å²) in [5, 5.41) is 22.3. The summed E-state index contributed by atoms with van der Waals surface area (Å²) in [6.45, 7) is 0.0838. The molecular formula is C12H10BFN4O3. The van der Waals surface area contributed by atoms with Gasteiger partial charge in [0.2, 0.25) is 0 Å². The number of halogens is 1. The van der Waals surface area contributed by atoms with E-state index in [1.54, 1.807) is 0 Å². The zero-order chi connectivity index (χ0) is 15.0. The third-order valence-corrected chi connectivity index (χ3v) is 3.06. The first-order valence-corrected chi connectivity index (χ1v) is 6.10. The Balaban J connectivity index is 2.01. The van der Waals surface area contributed by atoms with Crippen molar-refractivity contribution < 1.29 is 14.4 Å². The van der Waals surface area contributed by atoms with Gasteiger partial charge in [0.15, 0.2) is 5.65 Å². The van der Waals surface area contributed by atoms with Crippen molar-refractivity contribution in [3.8, 4) is 0 Å². The summed E-state index contributed by atoms with van der Waals surface area (Å²) in [5.74, 6) is -0.722. The van der Waals surface area contributed by atoms with E-state index >= 15 is 0 Å². The van der Waals surface area contributed by atoms with E-state index in [0.717, 1.165) is 6.07 Å². The molecule has 0 saturated carbocycles. The Hall–Kier alpha value is -2.52. The molecule has 3 rings (SSSR count). The molecule has 0 bridgehead atoms. The smallest absolute Gasteiger partial charge is 0.423 e. The van der Waals surface area contributed by atoms with E-state index < -0.39 is 12.9 Å². The second-order valence-corrected chi connectivity index (χ2v) is 4.47. The van der Waals surface area contributed by atoms with E-state index in [0.29, 0.717) is 11.2 Å². The molecule has 0 radical (unpaired) electrons. The average Bonchev–Trinajstić information content (AvgIpc) is 2.78. The van der Waals surface area contributed by atoms with Crippen molar-refractivity contribution in [2.45, 2.75) is 6.54 Å². The van der Waals surface area contributed by atoms with Crippen LogP contribution in [0.5, 0.6) is 0 Å². The summed E-state index contributed by atoms with van der Waals surface area (Å²) in [5.41, 5.74) is 0.318. The van der Waals surface area contributed by atoms with Crippen molar-refractivity contribution in [2.75, 3.05) is 0 Å². The highest BCUT2D eigenvalue weighted by atomic mass is 19.1. The maximum Gasteiger partial charge on any atom is 0.491 e. The Bertz CT molecular complexity index is 861. The second kappa shape index (κ2) is 5.11.